The van der Waals surface area contributed by atoms with E-state index in [2.05, 4.69) is 0 Å². The van der Waals surface area contributed by atoms with Crippen molar-refractivity contribution < 1.29 is 19.2 Å². The summed E-state index contributed by atoms with van der Waals surface area (Å²) in [6, 6.07) is 4.11. The Morgan fingerprint density at radius 2 is 2.25 bits per heavy atom. The van der Waals surface area contributed by atoms with Crippen LogP contribution in [0.1, 0.15) is 19.8 Å². The molecule has 2 unspecified atom stereocenters. The Morgan fingerprint density at radius 1 is 1.50 bits per heavy atom. The van der Waals surface area contributed by atoms with Gasteiger partial charge in [-0.15, -0.1) is 0 Å². The maximum absolute atomic E-state index is 11.4. The zero-order chi connectivity index (χ0) is 14.7. The number of carbonyl (C=O) groups excluding carboxylic acids is 1. The van der Waals surface area contributed by atoms with Gasteiger partial charge in [0.05, 0.1) is 4.92 Å². The van der Waals surface area contributed by atoms with Crippen LogP contribution in [0.3, 0.4) is 0 Å². The van der Waals surface area contributed by atoms with E-state index in [1.807, 2.05) is 6.92 Å². The highest BCUT2D eigenvalue weighted by atomic mass is 35.5. The molecule has 1 aliphatic rings. The molecule has 20 heavy (non-hydrogen) atoms. The van der Waals surface area contributed by atoms with Crippen molar-refractivity contribution in [1.29, 1.82) is 0 Å². The molecule has 0 radical (unpaired) electrons. The van der Waals surface area contributed by atoms with Crippen LogP contribution in [0, 0.1) is 10.1 Å². The maximum Gasteiger partial charge on any atom is 0.288 e. The van der Waals surface area contributed by atoms with Crippen molar-refractivity contribution in [2.75, 3.05) is 6.61 Å². The molecule has 1 saturated carbocycles. The second-order valence-corrected chi connectivity index (χ2v) is 4.90. The standard InChI is InChI=1S/C13H14ClNO5/c1-2-5-19-13-11(16)7-12(13)20-8-3-4-10(15(17)18)9(14)6-8/h3-4,6,12-13H,2,5,7H2,1H3. The first-order chi connectivity index (χ1) is 9.52. The van der Waals surface area contributed by atoms with Crippen LogP contribution in [-0.4, -0.2) is 29.5 Å². The van der Waals surface area contributed by atoms with Crippen molar-refractivity contribution in [3.05, 3.63) is 33.3 Å². The summed E-state index contributed by atoms with van der Waals surface area (Å²) in [5.41, 5.74) is -0.178. The molecule has 1 aromatic carbocycles. The van der Waals surface area contributed by atoms with Crippen LogP contribution in [0.5, 0.6) is 5.75 Å². The number of benzene rings is 1. The molecule has 6 nitrogen and oxygen atoms in total. The first-order valence-electron chi connectivity index (χ1n) is 6.28. The third-order valence-electron chi connectivity index (χ3n) is 2.96. The molecule has 0 heterocycles. The largest absolute Gasteiger partial charge is 0.487 e. The third-order valence-corrected chi connectivity index (χ3v) is 3.26. The van der Waals surface area contributed by atoms with Crippen molar-refractivity contribution in [3.63, 3.8) is 0 Å². The lowest BCUT2D eigenvalue weighted by Crippen LogP contribution is -2.52. The SMILES string of the molecule is CCCOC1C(=O)CC1Oc1ccc([N+](=O)[O-])c(Cl)c1. The van der Waals surface area contributed by atoms with Crippen LogP contribution in [-0.2, 0) is 9.53 Å². The average molecular weight is 300 g/mol. The monoisotopic (exact) mass is 299 g/mol. The van der Waals surface area contributed by atoms with Crippen LogP contribution in [0.4, 0.5) is 5.69 Å². The topological polar surface area (TPSA) is 78.7 Å². The Kier molecular flexibility index (Phi) is 4.57. The van der Waals surface area contributed by atoms with Gasteiger partial charge in [-0.3, -0.25) is 14.9 Å². The van der Waals surface area contributed by atoms with Gasteiger partial charge in [-0.2, -0.15) is 0 Å². The van der Waals surface area contributed by atoms with E-state index in [4.69, 9.17) is 21.1 Å². The molecule has 0 spiro atoms. The van der Waals surface area contributed by atoms with Crippen LogP contribution >= 0.6 is 11.6 Å². The van der Waals surface area contributed by atoms with Crippen molar-refractivity contribution >= 4 is 23.1 Å². The summed E-state index contributed by atoms with van der Waals surface area (Å²) in [4.78, 5) is 21.5. The number of ketones is 1. The Bertz CT molecular complexity index is 533. The highest BCUT2D eigenvalue weighted by molar-refractivity contribution is 6.32. The van der Waals surface area contributed by atoms with Gasteiger partial charge in [0.2, 0.25) is 0 Å². The molecule has 0 amide bonds. The van der Waals surface area contributed by atoms with Crippen LogP contribution in [0.25, 0.3) is 0 Å². The van der Waals surface area contributed by atoms with Gasteiger partial charge in [0, 0.05) is 25.2 Å². The van der Waals surface area contributed by atoms with Gasteiger partial charge in [0.1, 0.15) is 16.9 Å². The zero-order valence-electron chi connectivity index (χ0n) is 10.9. The smallest absolute Gasteiger partial charge is 0.288 e. The molecule has 108 valence electrons. The van der Waals surface area contributed by atoms with Gasteiger partial charge in [0.15, 0.2) is 11.9 Å². The Balaban J connectivity index is 2.01. The van der Waals surface area contributed by atoms with Crippen molar-refractivity contribution in [3.8, 4) is 5.75 Å². The number of carbonyl (C=O) groups is 1. The molecule has 0 aromatic heterocycles. The molecule has 1 aromatic rings. The number of nitro groups is 1. The van der Waals surface area contributed by atoms with Crippen LogP contribution < -0.4 is 4.74 Å². The van der Waals surface area contributed by atoms with Gasteiger partial charge in [-0.05, 0) is 12.5 Å². The molecular formula is C13H14ClNO5. The van der Waals surface area contributed by atoms with E-state index in [1.54, 1.807) is 0 Å². The van der Waals surface area contributed by atoms with E-state index in [0.717, 1.165) is 6.42 Å². The summed E-state index contributed by atoms with van der Waals surface area (Å²) in [5.74, 6) is 0.402. The maximum atomic E-state index is 11.4. The van der Waals surface area contributed by atoms with E-state index in [-0.39, 0.29) is 29.0 Å². The molecule has 0 saturated heterocycles. The van der Waals surface area contributed by atoms with E-state index in [9.17, 15) is 14.9 Å². The zero-order valence-corrected chi connectivity index (χ0v) is 11.6. The molecule has 0 aliphatic heterocycles. The van der Waals surface area contributed by atoms with Gasteiger partial charge in [-0.1, -0.05) is 18.5 Å². The molecule has 0 N–H and O–H groups in total. The van der Waals surface area contributed by atoms with Crippen LogP contribution in [0.2, 0.25) is 5.02 Å². The molecule has 1 aliphatic carbocycles. The minimum Gasteiger partial charge on any atom is -0.487 e. The van der Waals surface area contributed by atoms with Gasteiger partial charge in [0.25, 0.3) is 5.69 Å². The molecule has 2 rings (SSSR count). The Morgan fingerprint density at radius 3 is 2.80 bits per heavy atom. The second-order valence-electron chi connectivity index (χ2n) is 4.49. The number of ether oxygens (including phenoxy) is 2. The van der Waals surface area contributed by atoms with Crippen molar-refractivity contribution in [2.45, 2.75) is 32.0 Å². The number of rotatable bonds is 6. The van der Waals surface area contributed by atoms with Crippen LogP contribution in [0.15, 0.2) is 18.2 Å². The Hall–Kier alpha value is -1.66. The fourth-order valence-corrected chi connectivity index (χ4v) is 2.14. The number of halogens is 1. The fourth-order valence-electron chi connectivity index (χ4n) is 1.90. The minimum absolute atomic E-state index is 0.00387. The summed E-state index contributed by atoms with van der Waals surface area (Å²) in [6.07, 6.45) is 0.193. The van der Waals surface area contributed by atoms with Crippen molar-refractivity contribution in [2.24, 2.45) is 0 Å². The summed E-state index contributed by atoms with van der Waals surface area (Å²) in [7, 11) is 0. The van der Waals surface area contributed by atoms with Gasteiger partial charge < -0.3 is 9.47 Å². The molecule has 2 atom stereocenters. The number of Topliss-reactive ketones (excluding diaryl/α,β-unsaturated/α-hetero) is 1. The molecule has 7 heteroatoms. The summed E-state index contributed by atoms with van der Waals surface area (Å²) in [5, 5.41) is 10.7. The summed E-state index contributed by atoms with van der Waals surface area (Å²) >= 11 is 5.80. The van der Waals surface area contributed by atoms with E-state index in [1.165, 1.54) is 18.2 Å². The predicted molar refractivity (Wildman–Crippen MR) is 72.2 cm³/mol. The lowest BCUT2D eigenvalue weighted by atomic mass is 9.90. The number of nitro benzene ring substituents is 1. The highest BCUT2D eigenvalue weighted by Gasteiger charge is 2.42. The van der Waals surface area contributed by atoms with Gasteiger partial charge in [-0.25, -0.2) is 0 Å². The third kappa shape index (κ3) is 3.08. The molecular weight excluding hydrogens is 286 g/mol. The fraction of sp³-hybridized carbons (Fsp3) is 0.462. The summed E-state index contributed by atoms with van der Waals surface area (Å²) < 4.78 is 11.0. The van der Waals surface area contributed by atoms with E-state index in [0.29, 0.717) is 12.4 Å². The highest BCUT2D eigenvalue weighted by Crippen LogP contribution is 2.31. The number of hydrogen-bond donors (Lipinski definition) is 0. The molecule has 1 fully saturated rings. The predicted octanol–water partition coefficient (Wildman–Crippen LogP) is 2.76. The van der Waals surface area contributed by atoms with E-state index < -0.39 is 11.0 Å². The number of hydrogen-bond acceptors (Lipinski definition) is 5. The number of nitrogens with zero attached hydrogens (tertiary/aromatic N) is 1. The minimum atomic E-state index is -0.563. The summed E-state index contributed by atoms with van der Waals surface area (Å²) in [6.45, 7) is 2.45. The second kappa shape index (κ2) is 6.19. The van der Waals surface area contributed by atoms with Gasteiger partial charge >= 0.3 is 0 Å². The molecule has 0 bridgehead atoms. The lowest BCUT2D eigenvalue weighted by molar-refractivity contribution is -0.384. The lowest BCUT2D eigenvalue weighted by Gasteiger charge is -2.34. The normalized spacial score (nSPS) is 21.4. The van der Waals surface area contributed by atoms with Crippen molar-refractivity contribution in [1.82, 2.24) is 0 Å². The quantitative estimate of drug-likeness (QED) is 0.596. The first kappa shape index (κ1) is 14.7. The first-order valence-corrected chi connectivity index (χ1v) is 6.65. The average Bonchev–Trinajstić information content (AvgIpc) is 2.38. The van der Waals surface area contributed by atoms with E-state index >= 15 is 0 Å². The Labute approximate surface area is 120 Å².